The van der Waals surface area contributed by atoms with Crippen molar-refractivity contribution in [3.8, 4) is 0 Å². The van der Waals surface area contributed by atoms with E-state index in [9.17, 15) is 4.79 Å². The van der Waals surface area contributed by atoms with Crippen LogP contribution in [-0.2, 0) is 9.53 Å². The average molecular weight is 377 g/mol. The van der Waals surface area contributed by atoms with E-state index in [1.807, 2.05) is 0 Å². The molecule has 3 aliphatic rings. The SMILES string of the molecule is CC1=C2CC3C(CC2(C)CCC1)OC(=O)C3CNCCN(C(C)C)C(C)C. The van der Waals surface area contributed by atoms with E-state index in [-0.39, 0.29) is 23.4 Å². The molecule has 0 aromatic rings. The van der Waals surface area contributed by atoms with Crippen molar-refractivity contribution in [1.29, 1.82) is 0 Å². The summed E-state index contributed by atoms with van der Waals surface area (Å²) in [5.41, 5.74) is 3.49. The van der Waals surface area contributed by atoms with Gasteiger partial charge in [-0.1, -0.05) is 18.1 Å². The molecule has 154 valence electrons. The van der Waals surface area contributed by atoms with Crippen molar-refractivity contribution in [2.75, 3.05) is 19.6 Å². The predicted molar refractivity (Wildman–Crippen MR) is 111 cm³/mol. The molecule has 2 fully saturated rings. The van der Waals surface area contributed by atoms with Gasteiger partial charge in [-0.15, -0.1) is 0 Å². The van der Waals surface area contributed by atoms with Crippen molar-refractivity contribution >= 4 is 5.97 Å². The van der Waals surface area contributed by atoms with Crippen LogP contribution in [0.4, 0.5) is 0 Å². The highest BCUT2D eigenvalue weighted by Gasteiger charge is 2.52. The van der Waals surface area contributed by atoms with Crippen LogP contribution in [0.5, 0.6) is 0 Å². The molecule has 0 aromatic carbocycles. The van der Waals surface area contributed by atoms with Gasteiger partial charge in [-0.05, 0) is 72.1 Å². The average Bonchev–Trinajstić information content (AvgIpc) is 2.86. The van der Waals surface area contributed by atoms with Gasteiger partial charge in [-0.2, -0.15) is 0 Å². The molecular weight excluding hydrogens is 336 g/mol. The zero-order valence-corrected chi connectivity index (χ0v) is 18.3. The highest BCUT2D eigenvalue weighted by atomic mass is 16.6. The smallest absolute Gasteiger partial charge is 0.310 e. The fourth-order valence-electron chi connectivity index (χ4n) is 5.92. The van der Waals surface area contributed by atoms with Crippen molar-refractivity contribution in [3.63, 3.8) is 0 Å². The molecule has 0 bridgehead atoms. The Bertz CT molecular complexity index is 575. The maximum atomic E-state index is 12.6. The molecule has 4 atom stereocenters. The molecule has 27 heavy (non-hydrogen) atoms. The van der Waals surface area contributed by atoms with Crippen LogP contribution < -0.4 is 5.32 Å². The van der Waals surface area contributed by atoms with Crippen molar-refractivity contribution in [3.05, 3.63) is 11.1 Å². The molecule has 1 saturated carbocycles. The lowest BCUT2D eigenvalue weighted by Crippen LogP contribution is -2.43. The largest absolute Gasteiger partial charge is 0.462 e. The lowest BCUT2D eigenvalue weighted by Gasteiger charge is -2.45. The minimum atomic E-state index is 0.0216. The fraction of sp³-hybridized carbons (Fsp3) is 0.870. The van der Waals surface area contributed by atoms with Crippen molar-refractivity contribution in [1.82, 2.24) is 10.2 Å². The third-order valence-corrected chi connectivity index (χ3v) is 7.42. The topological polar surface area (TPSA) is 41.6 Å². The van der Waals surface area contributed by atoms with Crippen LogP contribution in [0.15, 0.2) is 11.1 Å². The van der Waals surface area contributed by atoms with Crippen LogP contribution >= 0.6 is 0 Å². The second kappa shape index (κ2) is 8.24. The number of allylic oxidation sites excluding steroid dienone is 2. The van der Waals surface area contributed by atoms with E-state index in [0.29, 0.717) is 18.0 Å². The fourth-order valence-corrected chi connectivity index (χ4v) is 5.92. The van der Waals surface area contributed by atoms with Crippen LogP contribution in [0.25, 0.3) is 0 Å². The highest BCUT2D eigenvalue weighted by Crippen LogP contribution is 2.54. The molecule has 0 spiro atoms. The lowest BCUT2D eigenvalue weighted by molar-refractivity contribution is -0.145. The maximum Gasteiger partial charge on any atom is 0.310 e. The Hall–Kier alpha value is -0.870. The van der Waals surface area contributed by atoms with Crippen LogP contribution in [0.2, 0.25) is 0 Å². The second-order valence-corrected chi connectivity index (χ2v) is 9.96. The standard InChI is InChI=1S/C23H40N2O2/c1-15(2)25(16(3)4)11-10-24-14-19-18-12-20-17(5)8-7-9-23(20,6)13-21(18)27-22(19)26/h15-16,18-19,21,24H,7-14H2,1-6H3. The van der Waals surface area contributed by atoms with E-state index in [2.05, 4.69) is 51.8 Å². The molecule has 4 heteroatoms. The number of rotatable bonds is 7. The van der Waals surface area contributed by atoms with E-state index in [4.69, 9.17) is 4.74 Å². The number of esters is 1. The third-order valence-electron chi connectivity index (χ3n) is 7.42. The van der Waals surface area contributed by atoms with Crippen LogP contribution in [-0.4, -0.2) is 48.7 Å². The summed E-state index contributed by atoms with van der Waals surface area (Å²) in [6, 6.07) is 1.09. The number of ether oxygens (including phenoxy) is 1. The summed E-state index contributed by atoms with van der Waals surface area (Å²) in [6.07, 6.45) is 6.00. The van der Waals surface area contributed by atoms with Crippen LogP contribution in [0.1, 0.15) is 73.6 Å². The zero-order valence-electron chi connectivity index (χ0n) is 18.3. The molecule has 1 N–H and O–H groups in total. The van der Waals surface area contributed by atoms with Gasteiger partial charge in [0.25, 0.3) is 0 Å². The lowest BCUT2D eigenvalue weighted by atomic mass is 9.59. The molecule has 0 amide bonds. The first kappa shape index (κ1) is 20.9. The zero-order chi connectivity index (χ0) is 19.8. The van der Waals surface area contributed by atoms with Gasteiger partial charge in [0, 0.05) is 37.6 Å². The third kappa shape index (κ3) is 4.27. The number of fused-ring (bicyclic) bond motifs is 2. The Labute approximate surface area is 166 Å². The van der Waals surface area contributed by atoms with E-state index in [1.165, 1.54) is 19.3 Å². The molecule has 4 nitrogen and oxygen atoms in total. The highest BCUT2D eigenvalue weighted by molar-refractivity contribution is 5.76. The van der Waals surface area contributed by atoms with Gasteiger partial charge in [0.1, 0.15) is 6.10 Å². The summed E-state index contributed by atoms with van der Waals surface area (Å²) in [5, 5.41) is 3.57. The van der Waals surface area contributed by atoms with Crippen LogP contribution in [0.3, 0.4) is 0 Å². The minimum absolute atomic E-state index is 0.0216. The summed E-state index contributed by atoms with van der Waals surface area (Å²) in [4.78, 5) is 15.1. The van der Waals surface area contributed by atoms with Gasteiger partial charge >= 0.3 is 5.97 Å². The first-order valence-corrected chi connectivity index (χ1v) is 11.1. The van der Waals surface area contributed by atoms with Crippen molar-refractivity contribution < 1.29 is 9.53 Å². The Morgan fingerprint density at radius 2 is 1.96 bits per heavy atom. The van der Waals surface area contributed by atoms with Crippen molar-refractivity contribution in [2.24, 2.45) is 17.3 Å². The second-order valence-electron chi connectivity index (χ2n) is 9.96. The number of carbonyl (C=O) groups is 1. The number of nitrogens with zero attached hydrogens (tertiary/aromatic N) is 1. The Morgan fingerprint density at radius 1 is 1.26 bits per heavy atom. The van der Waals surface area contributed by atoms with Gasteiger partial charge in [0.2, 0.25) is 0 Å². The molecule has 1 saturated heterocycles. The Kier molecular flexibility index (Phi) is 6.37. The number of hydrogen-bond acceptors (Lipinski definition) is 4. The number of nitrogens with one attached hydrogen (secondary N) is 1. The van der Waals surface area contributed by atoms with E-state index in [0.717, 1.165) is 32.5 Å². The maximum absolute atomic E-state index is 12.6. The van der Waals surface area contributed by atoms with Gasteiger partial charge < -0.3 is 10.1 Å². The first-order chi connectivity index (χ1) is 12.7. The summed E-state index contributed by atoms with van der Waals surface area (Å²) in [7, 11) is 0. The molecule has 4 unspecified atom stereocenters. The first-order valence-electron chi connectivity index (χ1n) is 11.1. The van der Waals surface area contributed by atoms with E-state index < -0.39 is 0 Å². The normalized spacial score (nSPS) is 33.7. The molecule has 1 aliphatic heterocycles. The molecular formula is C23H40N2O2. The Balaban J connectivity index is 1.58. The summed E-state index contributed by atoms with van der Waals surface area (Å²) in [6.45, 7) is 16.4. The van der Waals surface area contributed by atoms with Gasteiger partial charge in [-0.25, -0.2) is 0 Å². The minimum Gasteiger partial charge on any atom is -0.462 e. The molecule has 0 radical (unpaired) electrons. The number of carbonyl (C=O) groups excluding carboxylic acids is 1. The van der Waals surface area contributed by atoms with E-state index >= 15 is 0 Å². The molecule has 2 aliphatic carbocycles. The van der Waals surface area contributed by atoms with E-state index in [1.54, 1.807) is 11.1 Å². The van der Waals surface area contributed by atoms with Crippen LogP contribution in [0, 0.1) is 17.3 Å². The molecule has 0 aromatic heterocycles. The van der Waals surface area contributed by atoms with Crippen molar-refractivity contribution in [2.45, 2.75) is 91.8 Å². The molecule has 3 rings (SSSR count). The van der Waals surface area contributed by atoms with Gasteiger partial charge in [0.15, 0.2) is 0 Å². The monoisotopic (exact) mass is 376 g/mol. The molecule has 1 heterocycles. The Morgan fingerprint density at radius 3 is 2.63 bits per heavy atom. The number of hydrogen-bond donors (Lipinski definition) is 1. The summed E-state index contributed by atoms with van der Waals surface area (Å²) >= 11 is 0. The van der Waals surface area contributed by atoms with Gasteiger partial charge in [-0.3, -0.25) is 9.69 Å². The quantitative estimate of drug-likeness (QED) is 0.412. The summed E-state index contributed by atoms with van der Waals surface area (Å²) in [5.74, 6) is 0.420. The predicted octanol–water partition coefficient (Wildman–Crippen LogP) is 4.15. The van der Waals surface area contributed by atoms with Gasteiger partial charge in [0.05, 0.1) is 5.92 Å². The summed E-state index contributed by atoms with van der Waals surface area (Å²) < 4.78 is 5.87.